The van der Waals surface area contributed by atoms with E-state index in [2.05, 4.69) is 10.2 Å². The van der Waals surface area contributed by atoms with Gasteiger partial charge in [-0.25, -0.2) is 0 Å². The maximum absolute atomic E-state index is 12.3. The lowest BCUT2D eigenvalue weighted by molar-refractivity contribution is -0.125. The van der Waals surface area contributed by atoms with Gasteiger partial charge < -0.3 is 14.8 Å². The van der Waals surface area contributed by atoms with Crippen molar-refractivity contribution in [1.29, 1.82) is 0 Å². The van der Waals surface area contributed by atoms with Crippen LogP contribution in [0.25, 0.3) is 0 Å². The molecule has 1 N–H and O–H groups in total. The lowest BCUT2D eigenvalue weighted by Crippen LogP contribution is -2.44. The summed E-state index contributed by atoms with van der Waals surface area (Å²) in [6, 6.07) is 8.03. The summed E-state index contributed by atoms with van der Waals surface area (Å²) in [7, 11) is 0. The number of carbonyl (C=O) groups excluding carboxylic acids is 1. The molecule has 1 amide bonds. The molecule has 2 fully saturated rings. The summed E-state index contributed by atoms with van der Waals surface area (Å²) >= 11 is 6.02. The minimum Gasteiger partial charge on any atom is -0.379 e. The lowest BCUT2D eigenvalue weighted by Gasteiger charge is -2.35. The van der Waals surface area contributed by atoms with Crippen molar-refractivity contribution in [2.24, 2.45) is 0 Å². The molecule has 2 aliphatic rings. The largest absolute Gasteiger partial charge is 0.379 e. The first kappa shape index (κ1) is 18.6. The first-order chi connectivity index (χ1) is 12.2. The Hall–Kier alpha value is -1.14. The third-order valence-corrected chi connectivity index (χ3v) is 5.17. The standard InChI is InChI=1S/C19H27ClN2O3/c20-16-6-4-15(5-7-16)18(22-8-11-24-12-9-22)14-21-19(23)13-17-3-1-2-10-25-17/h4-7,17-18H,1-3,8-14H2,(H,21,23). The fraction of sp³-hybridized carbons (Fsp3) is 0.632. The van der Waals surface area contributed by atoms with Crippen molar-refractivity contribution < 1.29 is 14.3 Å². The van der Waals surface area contributed by atoms with Crippen molar-refractivity contribution in [3.63, 3.8) is 0 Å². The molecule has 25 heavy (non-hydrogen) atoms. The highest BCUT2D eigenvalue weighted by atomic mass is 35.5. The molecular weight excluding hydrogens is 340 g/mol. The number of benzene rings is 1. The number of nitrogens with zero attached hydrogens (tertiary/aromatic N) is 1. The van der Waals surface area contributed by atoms with Gasteiger partial charge in [-0.1, -0.05) is 23.7 Å². The highest BCUT2D eigenvalue weighted by Crippen LogP contribution is 2.23. The number of hydrogen-bond donors (Lipinski definition) is 1. The van der Waals surface area contributed by atoms with Crippen LogP contribution in [0.5, 0.6) is 0 Å². The normalized spacial score (nSPS) is 23.2. The van der Waals surface area contributed by atoms with E-state index in [0.717, 1.165) is 57.2 Å². The van der Waals surface area contributed by atoms with Crippen LogP contribution in [0.4, 0.5) is 0 Å². The molecule has 1 aromatic rings. The number of hydrogen-bond acceptors (Lipinski definition) is 4. The fourth-order valence-electron chi connectivity index (χ4n) is 3.49. The SMILES string of the molecule is O=C(CC1CCCCO1)NCC(c1ccc(Cl)cc1)N1CCOCC1. The second kappa shape index (κ2) is 9.53. The zero-order valence-corrected chi connectivity index (χ0v) is 15.3. The fourth-order valence-corrected chi connectivity index (χ4v) is 3.62. The summed E-state index contributed by atoms with van der Waals surface area (Å²) in [5, 5.41) is 3.83. The van der Waals surface area contributed by atoms with Gasteiger partial charge in [-0.15, -0.1) is 0 Å². The van der Waals surface area contributed by atoms with E-state index in [1.54, 1.807) is 0 Å². The monoisotopic (exact) mass is 366 g/mol. The van der Waals surface area contributed by atoms with Crippen LogP contribution < -0.4 is 5.32 Å². The summed E-state index contributed by atoms with van der Waals surface area (Å²) in [6.45, 7) is 4.57. The van der Waals surface area contributed by atoms with Crippen LogP contribution in [0.2, 0.25) is 5.02 Å². The Balaban J connectivity index is 1.58. The minimum atomic E-state index is 0.0686. The van der Waals surface area contributed by atoms with E-state index in [-0.39, 0.29) is 18.1 Å². The van der Waals surface area contributed by atoms with Gasteiger partial charge in [0.25, 0.3) is 0 Å². The predicted octanol–water partition coefficient (Wildman–Crippen LogP) is 2.79. The molecule has 0 radical (unpaired) electrons. The molecule has 0 aromatic heterocycles. The average Bonchev–Trinajstić information content (AvgIpc) is 2.65. The van der Waals surface area contributed by atoms with Crippen molar-refractivity contribution >= 4 is 17.5 Å². The highest BCUT2D eigenvalue weighted by Gasteiger charge is 2.24. The molecule has 1 aromatic carbocycles. The lowest BCUT2D eigenvalue weighted by atomic mass is 10.0. The Bertz CT molecular complexity index is 540. The van der Waals surface area contributed by atoms with Crippen LogP contribution in [-0.2, 0) is 14.3 Å². The van der Waals surface area contributed by atoms with E-state index >= 15 is 0 Å². The van der Waals surface area contributed by atoms with Gasteiger partial charge in [0, 0.05) is 31.3 Å². The van der Waals surface area contributed by atoms with Gasteiger partial charge in [-0.05, 0) is 37.0 Å². The van der Waals surface area contributed by atoms with Gasteiger partial charge in [0.05, 0.1) is 31.8 Å². The van der Waals surface area contributed by atoms with Gasteiger partial charge in [0.2, 0.25) is 5.91 Å². The number of nitrogens with one attached hydrogen (secondary N) is 1. The predicted molar refractivity (Wildman–Crippen MR) is 97.8 cm³/mol. The number of ether oxygens (including phenoxy) is 2. The van der Waals surface area contributed by atoms with Crippen molar-refractivity contribution in [3.05, 3.63) is 34.9 Å². The van der Waals surface area contributed by atoms with Crippen LogP contribution in [0.3, 0.4) is 0 Å². The first-order valence-electron chi connectivity index (χ1n) is 9.18. The van der Waals surface area contributed by atoms with Crippen LogP contribution in [-0.4, -0.2) is 56.4 Å². The quantitative estimate of drug-likeness (QED) is 0.841. The maximum Gasteiger partial charge on any atom is 0.222 e. The smallest absolute Gasteiger partial charge is 0.222 e. The summed E-state index contributed by atoms with van der Waals surface area (Å²) in [6.07, 6.45) is 3.77. The zero-order valence-electron chi connectivity index (χ0n) is 14.6. The third-order valence-electron chi connectivity index (χ3n) is 4.92. The molecule has 0 bridgehead atoms. The second-order valence-electron chi connectivity index (χ2n) is 6.71. The number of halogens is 1. The van der Waals surface area contributed by atoms with Gasteiger partial charge >= 0.3 is 0 Å². The topological polar surface area (TPSA) is 50.8 Å². The Kier molecular flexibility index (Phi) is 7.11. The van der Waals surface area contributed by atoms with E-state index in [0.29, 0.717) is 13.0 Å². The Morgan fingerprint density at radius 2 is 1.96 bits per heavy atom. The van der Waals surface area contributed by atoms with E-state index < -0.39 is 0 Å². The van der Waals surface area contributed by atoms with E-state index in [1.807, 2.05) is 24.3 Å². The molecule has 2 aliphatic heterocycles. The van der Waals surface area contributed by atoms with Crippen LogP contribution in [0.15, 0.2) is 24.3 Å². The second-order valence-corrected chi connectivity index (χ2v) is 7.15. The van der Waals surface area contributed by atoms with Crippen molar-refractivity contribution in [3.8, 4) is 0 Å². The molecule has 2 saturated heterocycles. The van der Waals surface area contributed by atoms with Crippen LogP contribution in [0, 0.1) is 0 Å². The van der Waals surface area contributed by atoms with Crippen molar-refractivity contribution in [2.45, 2.75) is 37.8 Å². The minimum absolute atomic E-state index is 0.0686. The number of carbonyl (C=O) groups is 1. The van der Waals surface area contributed by atoms with Crippen molar-refractivity contribution in [2.75, 3.05) is 39.5 Å². The Labute approximate surface area is 154 Å². The molecular formula is C19H27ClN2O3. The van der Waals surface area contributed by atoms with E-state index in [9.17, 15) is 4.79 Å². The summed E-state index contributed by atoms with van der Waals surface area (Å²) in [4.78, 5) is 14.7. The molecule has 2 atom stereocenters. The third kappa shape index (κ3) is 5.68. The molecule has 0 saturated carbocycles. The maximum atomic E-state index is 12.3. The van der Waals surface area contributed by atoms with E-state index in [4.69, 9.17) is 21.1 Å². The van der Waals surface area contributed by atoms with Crippen LogP contribution >= 0.6 is 11.6 Å². The molecule has 0 aliphatic carbocycles. The Morgan fingerprint density at radius 1 is 1.20 bits per heavy atom. The summed E-state index contributed by atoms with van der Waals surface area (Å²) in [5.74, 6) is 0.0686. The average molecular weight is 367 g/mol. The number of morpholine rings is 1. The molecule has 0 spiro atoms. The molecule has 6 heteroatoms. The van der Waals surface area contributed by atoms with Gasteiger partial charge in [-0.2, -0.15) is 0 Å². The molecule has 2 heterocycles. The summed E-state index contributed by atoms with van der Waals surface area (Å²) in [5.41, 5.74) is 1.17. The molecule has 5 nitrogen and oxygen atoms in total. The molecule has 138 valence electrons. The highest BCUT2D eigenvalue weighted by molar-refractivity contribution is 6.30. The Morgan fingerprint density at radius 3 is 2.64 bits per heavy atom. The zero-order chi connectivity index (χ0) is 17.5. The van der Waals surface area contributed by atoms with Gasteiger partial charge in [0.1, 0.15) is 0 Å². The van der Waals surface area contributed by atoms with E-state index in [1.165, 1.54) is 5.56 Å². The van der Waals surface area contributed by atoms with Crippen molar-refractivity contribution in [1.82, 2.24) is 10.2 Å². The van der Waals surface area contributed by atoms with Gasteiger partial charge in [0.15, 0.2) is 0 Å². The molecule has 2 unspecified atom stereocenters. The van der Waals surface area contributed by atoms with Gasteiger partial charge in [-0.3, -0.25) is 9.69 Å². The first-order valence-corrected chi connectivity index (χ1v) is 9.56. The number of amides is 1. The summed E-state index contributed by atoms with van der Waals surface area (Å²) < 4.78 is 11.1. The molecule has 3 rings (SSSR count). The van der Waals surface area contributed by atoms with Crippen LogP contribution in [0.1, 0.15) is 37.3 Å². The number of rotatable bonds is 6.